The Morgan fingerprint density at radius 3 is 2.72 bits per heavy atom. The van der Waals surface area contributed by atoms with E-state index in [0.29, 0.717) is 23.7 Å². The van der Waals surface area contributed by atoms with E-state index in [9.17, 15) is 0 Å². The van der Waals surface area contributed by atoms with Crippen LogP contribution >= 0.6 is 0 Å². The summed E-state index contributed by atoms with van der Waals surface area (Å²) in [4.78, 5) is 0. The van der Waals surface area contributed by atoms with Gasteiger partial charge in [-0.05, 0) is 24.3 Å². The fourth-order valence-corrected chi connectivity index (χ4v) is 1.38. The summed E-state index contributed by atoms with van der Waals surface area (Å²) in [5.41, 5.74) is 1.47. The summed E-state index contributed by atoms with van der Waals surface area (Å²) in [6, 6.07) is 7.17. The van der Waals surface area contributed by atoms with Crippen LogP contribution in [0, 0.1) is 11.3 Å². The molecule has 1 rings (SSSR count). The lowest BCUT2D eigenvalue weighted by Gasteiger charge is -2.10. The molecule has 0 atom stereocenters. The normalized spacial score (nSPS) is 9.61. The van der Waals surface area contributed by atoms with E-state index >= 15 is 0 Å². The first kappa shape index (κ1) is 14.1. The van der Waals surface area contributed by atoms with Gasteiger partial charge in [0.2, 0.25) is 0 Å². The Bertz CT molecular complexity index is 450. The number of nitriles is 1. The van der Waals surface area contributed by atoms with Crippen molar-refractivity contribution in [1.82, 2.24) is 5.32 Å². The molecule has 96 valence electrons. The van der Waals surface area contributed by atoms with E-state index in [2.05, 4.69) is 18.0 Å². The van der Waals surface area contributed by atoms with Gasteiger partial charge in [-0.15, -0.1) is 0 Å². The third kappa shape index (κ3) is 4.48. The third-order valence-corrected chi connectivity index (χ3v) is 2.31. The van der Waals surface area contributed by atoms with Crippen molar-refractivity contribution < 1.29 is 9.47 Å². The minimum Gasteiger partial charge on any atom is -0.497 e. The summed E-state index contributed by atoms with van der Waals surface area (Å²) < 4.78 is 10.7. The zero-order valence-corrected chi connectivity index (χ0v) is 10.8. The van der Waals surface area contributed by atoms with E-state index < -0.39 is 0 Å². The Kier molecular flexibility index (Phi) is 5.75. The molecule has 0 spiro atoms. The fraction of sp³-hybridized carbons (Fsp3) is 0.357. The molecule has 18 heavy (non-hydrogen) atoms. The molecular formula is C14H18N2O2. The highest BCUT2D eigenvalue weighted by Crippen LogP contribution is 2.22. The van der Waals surface area contributed by atoms with E-state index in [0.717, 1.165) is 18.7 Å². The molecule has 0 saturated carbocycles. The van der Waals surface area contributed by atoms with Crippen molar-refractivity contribution >= 4 is 0 Å². The van der Waals surface area contributed by atoms with Crippen LogP contribution in [0.1, 0.15) is 12.5 Å². The van der Waals surface area contributed by atoms with Gasteiger partial charge in [-0.3, -0.25) is 0 Å². The van der Waals surface area contributed by atoms with E-state index in [4.69, 9.17) is 14.7 Å². The Labute approximate surface area is 108 Å². The Morgan fingerprint density at radius 1 is 1.39 bits per heavy atom. The summed E-state index contributed by atoms with van der Waals surface area (Å²) in [5.74, 6) is 1.23. The van der Waals surface area contributed by atoms with Crippen LogP contribution in [0.5, 0.6) is 11.5 Å². The van der Waals surface area contributed by atoms with Gasteiger partial charge in [0.05, 0.1) is 18.7 Å². The monoisotopic (exact) mass is 246 g/mol. The molecule has 4 heteroatoms. The summed E-state index contributed by atoms with van der Waals surface area (Å²) in [7, 11) is 1.56. The second kappa shape index (κ2) is 7.36. The number of nitrogens with one attached hydrogen (secondary N) is 1. The Hall–Kier alpha value is -1.99. The molecule has 4 nitrogen and oxygen atoms in total. The molecule has 1 aromatic rings. The number of ether oxygens (including phenoxy) is 2. The van der Waals surface area contributed by atoms with Gasteiger partial charge in [-0.2, -0.15) is 5.26 Å². The maximum atomic E-state index is 8.89. The van der Waals surface area contributed by atoms with Crippen molar-refractivity contribution in [2.45, 2.75) is 6.92 Å². The number of methoxy groups -OCH3 is 1. The van der Waals surface area contributed by atoms with E-state index in [1.807, 2.05) is 6.92 Å². The first-order chi connectivity index (χ1) is 8.69. The molecule has 0 fully saturated rings. The van der Waals surface area contributed by atoms with Crippen LogP contribution < -0.4 is 14.8 Å². The van der Waals surface area contributed by atoms with Gasteiger partial charge in [0.25, 0.3) is 0 Å². The van der Waals surface area contributed by atoms with Crippen molar-refractivity contribution in [3.8, 4) is 17.6 Å². The van der Waals surface area contributed by atoms with Crippen molar-refractivity contribution in [2.24, 2.45) is 0 Å². The average Bonchev–Trinajstić information content (AvgIpc) is 2.42. The predicted molar refractivity (Wildman–Crippen MR) is 70.9 cm³/mol. The zero-order valence-electron chi connectivity index (χ0n) is 10.8. The Balaban J connectivity index is 2.61. The smallest absolute Gasteiger partial charge is 0.124 e. The maximum Gasteiger partial charge on any atom is 0.124 e. The van der Waals surface area contributed by atoms with Gasteiger partial charge in [0.15, 0.2) is 0 Å². The molecule has 0 aliphatic rings. The summed E-state index contributed by atoms with van der Waals surface area (Å²) in [6.45, 7) is 7.99. The second-order valence-electron chi connectivity index (χ2n) is 3.83. The van der Waals surface area contributed by atoms with E-state index in [-0.39, 0.29) is 0 Å². The molecule has 1 N–H and O–H groups in total. The minimum atomic E-state index is 0.422. The van der Waals surface area contributed by atoms with Gasteiger partial charge < -0.3 is 14.8 Å². The molecule has 0 radical (unpaired) electrons. The minimum absolute atomic E-state index is 0.422. The largest absolute Gasteiger partial charge is 0.497 e. The highest BCUT2D eigenvalue weighted by molar-refractivity contribution is 5.43. The number of benzene rings is 1. The molecule has 0 bridgehead atoms. The third-order valence-electron chi connectivity index (χ3n) is 2.31. The molecule has 0 unspecified atom stereocenters. The summed E-state index contributed by atoms with van der Waals surface area (Å²) >= 11 is 0. The van der Waals surface area contributed by atoms with Crippen LogP contribution in [0.25, 0.3) is 0 Å². The molecule has 0 aromatic heterocycles. The highest BCUT2D eigenvalue weighted by atomic mass is 16.5. The SMILES string of the molecule is C=C(CNCC)COc1cc(C#N)cc(OC)c1. The van der Waals surface area contributed by atoms with Gasteiger partial charge in [-0.25, -0.2) is 0 Å². The lowest BCUT2D eigenvalue weighted by atomic mass is 10.2. The second-order valence-corrected chi connectivity index (χ2v) is 3.83. The molecule has 0 amide bonds. The van der Waals surface area contributed by atoms with Crippen LogP contribution in [0.3, 0.4) is 0 Å². The van der Waals surface area contributed by atoms with Crippen molar-refractivity contribution in [3.05, 3.63) is 35.9 Å². The number of nitrogens with zero attached hydrogens (tertiary/aromatic N) is 1. The number of hydrogen-bond donors (Lipinski definition) is 1. The van der Waals surface area contributed by atoms with Gasteiger partial charge in [-0.1, -0.05) is 13.5 Å². The lowest BCUT2D eigenvalue weighted by Crippen LogP contribution is -2.18. The highest BCUT2D eigenvalue weighted by Gasteiger charge is 2.03. The molecule has 0 aliphatic heterocycles. The molecule has 0 heterocycles. The van der Waals surface area contributed by atoms with Crippen LogP contribution in [0.15, 0.2) is 30.4 Å². The summed E-state index contributed by atoms with van der Waals surface area (Å²) in [6.07, 6.45) is 0. The lowest BCUT2D eigenvalue weighted by molar-refractivity contribution is 0.344. The van der Waals surface area contributed by atoms with Gasteiger partial charge in [0, 0.05) is 12.6 Å². The first-order valence-electron chi connectivity index (χ1n) is 5.79. The van der Waals surface area contributed by atoms with Crippen LogP contribution in [-0.2, 0) is 0 Å². The topological polar surface area (TPSA) is 54.3 Å². The van der Waals surface area contributed by atoms with Crippen LogP contribution in [0.4, 0.5) is 0 Å². The standard InChI is InChI=1S/C14H18N2O2/c1-4-16-9-11(2)10-18-14-6-12(8-15)5-13(7-14)17-3/h5-7,16H,2,4,9-10H2,1,3H3. The number of hydrogen-bond acceptors (Lipinski definition) is 4. The Morgan fingerprint density at radius 2 is 2.11 bits per heavy atom. The number of rotatable bonds is 7. The van der Waals surface area contributed by atoms with Crippen molar-refractivity contribution in [3.63, 3.8) is 0 Å². The first-order valence-corrected chi connectivity index (χ1v) is 5.79. The number of likely N-dealkylation sites (N-methyl/N-ethyl adjacent to an activating group) is 1. The van der Waals surface area contributed by atoms with Crippen molar-refractivity contribution in [1.29, 1.82) is 5.26 Å². The van der Waals surface area contributed by atoms with Gasteiger partial charge >= 0.3 is 0 Å². The molecule has 0 saturated heterocycles. The van der Waals surface area contributed by atoms with Crippen LogP contribution in [-0.4, -0.2) is 26.8 Å². The average molecular weight is 246 g/mol. The van der Waals surface area contributed by atoms with E-state index in [1.54, 1.807) is 25.3 Å². The molecule has 1 aromatic carbocycles. The van der Waals surface area contributed by atoms with E-state index in [1.165, 1.54) is 0 Å². The maximum absolute atomic E-state index is 8.89. The fourth-order valence-electron chi connectivity index (χ4n) is 1.38. The molecule has 0 aliphatic carbocycles. The molecular weight excluding hydrogens is 228 g/mol. The quantitative estimate of drug-likeness (QED) is 0.749. The van der Waals surface area contributed by atoms with Crippen LogP contribution in [0.2, 0.25) is 0 Å². The predicted octanol–water partition coefficient (Wildman–Crippen LogP) is 2.11. The van der Waals surface area contributed by atoms with Crippen molar-refractivity contribution in [2.75, 3.05) is 26.8 Å². The van der Waals surface area contributed by atoms with Gasteiger partial charge in [0.1, 0.15) is 18.1 Å². The summed E-state index contributed by atoms with van der Waals surface area (Å²) in [5, 5.41) is 12.1. The zero-order chi connectivity index (χ0) is 13.4.